The molecule has 1 aliphatic rings. The van der Waals surface area contributed by atoms with Gasteiger partial charge in [-0.1, -0.05) is 6.92 Å². The Labute approximate surface area is 111 Å². The summed E-state index contributed by atoms with van der Waals surface area (Å²) in [6.07, 6.45) is 0.533. The highest BCUT2D eigenvalue weighted by atomic mass is 32.3. The molecule has 0 bridgehead atoms. The predicted octanol–water partition coefficient (Wildman–Crippen LogP) is 1.33. The molecule has 2 rings (SSSR count). The molecule has 1 aliphatic heterocycles. The summed E-state index contributed by atoms with van der Waals surface area (Å²) in [5.41, 5.74) is 0.631. The molecule has 0 amide bonds. The van der Waals surface area contributed by atoms with Gasteiger partial charge in [-0.25, -0.2) is 21.6 Å². The van der Waals surface area contributed by atoms with Crippen molar-refractivity contribution >= 4 is 31.2 Å². The number of nitrogens with one attached hydrogen (secondary N) is 1. The summed E-state index contributed by atoms with van der Waals surface area (Å²) in [5.74, 6) is 0.0654. The van der Waals surface area contributed by atoms with Crippen LogP contribution in [0.5, 0.6) is 0 Å². The van der Waals surface area contributed by atoms with Gasteiger partial charge < -0.3 is 0 Å². The maximum atomic E-state index is 12.2. The van der Waals surface area contributed by atoms with Crippen LogP contribution in [-0.2, 0) is 19.9 Å². The summed E-state index contributed by atoms with van der Waals surface area (Å²) in [5, 5.41) is -0.455. The molecule has 0 spiro atoms. The number of sulfone groups is 1. The van der Waals surface area contributed by atoms with Gasteiger partial charge in [0.2, 0.25) is 10.0 Å². The zero-order chi connectivity index (χ0) is 13.7. The maximum Gasteiger partial charge on any atom is 0.249 e. The number of hydrogen-bond donors (Lipinski definition) is 1. The van der Waals surface area contributed by atoms with E-state index in [2.05, 4.69) is 4.72 Å². The van der Waals surface area contributed by atoms with Crippen molar-refractivity contribution in [3.05, 3.63) is 11.6 Å². The lowest BCUT2D eigenvalue weighted by Gasteiger charge is -2.23. The highest BCUT2D eigenvalue weighted by Gasteiger charge is 2.37. The van der Waals surface area contributed by atoms with Crippen LogP contribution in [0.4, 0.5) is 0 Å². The minimum absolute atomic E-state index is 0.0654. The molecule has 0 fully saturated rings. The molecule has 1 N–H and O–H groups in total. The smallest absolute Gasteiger partial charge is 0.223 e. The highest BCUT2D eigenvalue weighted by Crippen LogP contribution is 2.43. The first kappa shape index (κ1) is 14.0. The molecule has 102 valence electrons. The van der Waals surface area contributed by atoms with E-state index in [1.807, 2.05) is 6.92 Å². The molecule has 2 atom stereocenters. The monoisotopic (exact) mass is 309 g/mol. The number of rotatable bonds is 2. The van der Waals surface area contributed by atoms with Crippen molar-refractivity contribution < 1.29 is 16.8 Å². The van der Waals surface area contributed by atoms with Gasteiger partial charge in [-0.3, -0.25) is 0 Å². The highest BCUT2D eigenvalue weighted by molar-refractivity contribution is 7.95. The van der Waals surface area contributed by atoms with E-state index in [1.54, 1.807) is 6.92 Å². The molecular weight excluding hydrogens is 294 g/mol. The van der Waals surface area contributed by atoms with Crippen LogP contribution in [0.3, 0.4) is 0 Å². The van der Waals surface area contributed by atoms with Crippen molar-refractivity contribution in [3.8, 4) is 0 Å². The molecule has 8 heteroatoms. The Bertz CT molecular complexity index is 672. The average Bonchev–Trinajstić information content (AvgIpc) is 2.73. The van der Waals surface area contributed by atoms with E-state index < -0.39 is 25.1 Å². The first-order valence-electron chi connectivity index (χ1n) is 5.51. The maximum absolute atomic E-state index is 12.2. The molecule has 2 unspecified atom stereocenters. The summed E-state index contributed by atoms with van der Waals surface area (Å²) >= 11 is 0.843. The third-order valence-corrected chi connectivity index (χ3v) is 9.03. The molecule has 0 radical (unpaired) electrons. The van der Waals surface area contributed by atoms with Gasteiger partial charge in [0.25, 0.3) is 0 Å². The standard InChI is InChI=1S/C10H15NO4S3/c1-6-4-7(2)17(12,13)10-8(6)5-9(16-10)18(14,15)11-3/h5-7,11H,4H2,1-3H3. The molecule has 1 aromatic rings. The molecule has 1 aromatic heterocycles. The molecule has 2 heterocycles. The second kappa shape index (κ2) is 4.29. The number of hydrogen-bond acceptors (Lipinski definition) is 5. The van der Waals surface area contributed by atoms with Crippen LogP contribution in [0, 0.1) is 0 Å². The summed E-state index contributed by atoms with van der Waals surface area (Å²) in [6.45, 7) is 3.59. The fourth-order valence-corrected chi connectivity index (χ4v) is 7.15. The summed E-state index contributed by atoms with van der Waals surface area (Å²) in [4.78, 5) is 0. The molecular formula is C10H15NO4S3. The first-order valence-corrected chi connectivity index (χ1v) is 9.36. The Morgan fingerprint density at radius 3 is 2.56 bits per heavy atom. The Kier molecular flexibility index (Phi) is 3.33. The van der Waals surface area contributed by atoms with Crippen LogP contribution in [0.15, 0.2) is 14.5 Å². The summed E-state index contributed by atoms with van der Waals surface area (Å²) in [7, 11) is -5.64. The minimum Gasteiger partial charge on any atom is -0.223 e. The number of thiophene rings is 1. The third kappa shape index (κ3) is 2.01. The van der Waals surface area contributed by atoms with E-state index in [1.165, 1.54) is 13.1 Å². The van der Waals surface area contributed by atoms with Gasteiger partial charge in [-0.05, 0) is 37.9 Å². The van der Waals surface area contributed by atoms with E-state index in [9.17, 15) is 16.8 Å². The molecule has 0 aromatic carbocycles. The Morgan fingerprint density at radius 1 is 1.39 bits per heavy atom. The van der Waals surface area contributed by atoms with E-state index in [0.717, 1.165) is 11.3 Å². The fourth-order valence-electron chi connectivity index (χ4n) is 2.10. The van der Waals surface area contributed by atoms with Crippen molar-refractivity contribution in [2.45, 2.75) is 39.9 Å². The van der Waals surface area contributed by atoms with Gasteiger partial charge in [0.1, 0.15) is 8.42 Å². The van der Waals surface area contributed by atoms with Gasteiger partial charge in [0, 0.05) is 0 Å². The van der Waals surface area contributed by atoms with Crippen molar-refractivity contribution in [1.82, 2.24) is 4.72 Å². The van der Waals surface area contributed by atoms with Crippen LogP contribution >= 0.6 is 11.3 Å². The molecule has 0 aliphatic carbocycles. The van der Waals surface area contributed by atoms with Gasteiger partial charge in [-0.15, -0.1) is 11.3 Å². The van der Waals surface area contributed by atoms with E-state index in [0.29, 0.717) is 12.0 Å². The van der Waals surface area contributed by atoms with Gasteiger partial charge >= 0.3 is 0 Å². The SMILES string of the molecule is CNS(=O)(=O)c1cc2c(s1)S(=O)(=O)C(C)CC2C. The predicted molar refractivity (Wildman–Crippen MR) is 70.2 cm³/mol. The summed E-state index contributed by atoms with van der Waals surface area (Å²) < 4.78 is 50.3. The van der Waals surface area contributed by atoms with Crippen molar-refractivity contribution in [3.63, 3.8) is 0 Å². The lowest BCUT2D eigenvalue weighted by Crippen LogP contribution is -2.25. The quantitative estimate of drug-likeness (QED) is 0.893. The number of sulfonamides is 1. The van der Waals surface area contributed by atoms with Gasteiger partial charge in [0.05, 0.1) is 5.25 Å². The van der Waals surface area contributed by atoms with Gasteiger partial charge in [-0.2, -0.15) is 0 Å². The molecule has 0 saturated carbocycles. The normalized spacial score (nSPS) is 26.8. The Morgan fingerprint density at radius 2 is 2.00 bits per heavy atom. The zero-order valence-electron chi connectivity index (χ0n) is 10.3. The van der Waals surface area contributed by atoms with Crippen molar-refractivity contribution in [2.75, 3.05) is 7.05 Å². The fraction of sp³-hybridized carbons (Fsp3) is 0.600. The lowest BCUT2D eigenvalue weighted by atomic mass is 9.99. The molecule has 5 nitrogen and oxygen atoms in total. The number of fused-ring (bicyclic) bond motifs is 1. The minimum atomic E-state index is -3.58. The second-order valence-corrected chi connectivity index (χ2v) is 10.2. The van der Waals surface area contributed by atoms with Crippen LogP contribution < -0.4 is 4.72 Å². The Hall–Kier alpha value is -0.440. The zero-order valence-corrected chi connectivity index (χ0v) is 12.7. The van der Waals surface area contributed by atoms with E-state index >= 15 is 0 Å². The van der Waals surface area contributed by atoms with Crippen molar-refractivity contribution in [1.29, 1.82) is 0 Å². The first-order chi connectivity index (χ1) is 8.20. The largest absolute Gasteiger partial charge is 0.249 e. The Balaban J connectivity index is 2.68. The van der Waals surface area contributed by atoms with Gasteiger partial charge in [0.15, 0.2) is 9.84 Å². The summed E-state index contributed by atoms with van der Waals surface area (Å²) in [6, 6.07) is 1.49. The van der Waals surface area contributed by atoms with Crippen molar-refractivity contribution in [2.24, 2.45) is 0 Å². The van der Waals surface area contributed by atoms with E-state index in [-0.39, 0.29) is 14.3 Å². The van der Waals surface area contributed by atoms with Crippen LogP contribution in [0.25, 0.3) is 0 Å². The third-order valence-electron chi connectivity index (χ3n) is 3.24. The van der Waals surface area contributed by atoms with E-state index in [4.69, 9.17) is 0 Å². The average molecular weight is 309 g/mol. The topological polar surface area (TPSA) is 80.3 Å². The second-order valence-electron chi connectivity index (χ2n) is 4.51. The molecule has 18 heavy (non-hydrogen) atoms. The lowest BCUT2D eigenvalue weighted by molar-refractivity contribution is 0.549. The van der Waals surface area contributed by atoms with Crippen LogP contribution in [0.2, 0.25) is 0 Å². The molecule has 0 saturated heterocycles. The van der Waals surface area contributed by atoms with Crippen LogP contribution in [0.1, 0.15) is 31.7 Å². The van der Waals surface area contributed by atoms with Crippen LogP contribution in [-0.4, -0.2) is 29.1 Å².